The Balaban J connectivity index is 2.49. The van der Waals surface area contributed by atoms with Crippen LogP contribution in [0.3, 0.4) is 0 Å². The van der Waals surface area contributed by atoms with E-state index in [0.29, 0.717) is 12.0 Å². The highest BCUT2D eigenvalue weighted by Gasteiger charge is 2.32. The molecule has 4 unspecified atom stereocenters. The fraction of sp³-hybridized carbons (Fsp3) is 0.917. The van der Waals surface area contributed by atoms with Crippen LogP contribution < -0.4 is 5.32 Å². The zero-order valence-electron chi connectivity index (χ0n) is 10.2. The number of esters is 1. The van der Waals surface area contributed by atoms with Gasteiger partial charge >= 0.3 is 5.97 Å². The molecule has 1 aliphatic rings. The molecule has 0 saturated heterocycles. The van der Waals surface area contributed by atoms with E-state index in [1.54, 1.807) is 0 Å². The van der Waals surface area contributed by atoms with E-state index in [9.17, 15) is 4.79 Å². The topological polar surface area (TPSA) is 38.3 Å². The molecule has 0 aromatic heterocycles. The van der Waals surface area contributed by atoms with Crippen molar-refractivity contribution in [1.82, 2.24) is 5.32 Å². The normalized spacial score (nSPS) is 32.7. The van der Waals surface area contributed by atoms with Crippen molar-refractivity contribution in [3.63, 3.8) is 0 Å². The summed E-state index contributed by atoms with van der Waals surface area (Å²) in [6.07, 6.45) is 3.23. The first-order valence-electron chi connectivity index (χ1n) is 5.94. The van der Waals surface area contributed by atoms with Gasteiger partial charge in [0, 0.05) is 6.04 Å². The molecule has 0 radical (unpaired) electrons. The van der Waals surface area contributed by atoms with Crippen LogP contribution in [-0.4, -0.2) is 25.2 Å². The van der Waals surface area contributed by atoms with Crippen LogP contribution >= 0.6 is 0 Å². The number of nitrogens with one attached hydrogen (secondary N) is 1. The quantitative estimate of drug-likeness (QED) is 0.725. The zero-order valence-corrected chi connectivity index (χ0v) is 10.2. The number of hydrogen-bond donors (Lipinski definition) is 1. The summed E-state index contributed by atoms with van der Waals surface area (Å²) in [4.78, 5) is 11.4. The molecule has 0 aliphatic heterocycles. The number of hydrogen-bond acceptors (Lipinski definition) is 3. The van der Waals surface area contributed by atoms with Crippen molar-refractivity contribution in [2.24, 2.45) is 11.8 Å². The molecular weight excluding hydrogens is 190 g/mol. The van der Waals surface area contributed by atoms with Crippen LogP contribution in [0.4, 0.5) is 0 Å². The van der Waals surface area contributed by atoms with E-state index in [1.165, 1.54) is 20.0 Å². The molecule has 0 aromatic carbocycles. The summed E-state index contributed by atoms with van der Waals surface area (Å²) in [6.45, 7) is 6.56. The minimum Gasteiger partial charge on any atom is -0.468 e. The van der Waals surface area contributed by atoms with Crippen LogP contribution in [0.25, 0.3) is 0 Å². The van der Waals surface area contributed by atoms with Gasteiger partial charge in [-0.15, -0.1) is 0 Å². The van der Waals surface area contributed by atoms with Crippen molar-refractivity contribution in [2.45, 2.75) is 52.1 Å². The van der Waals surface area contributed by atoms with Gasteiger partial charge in [0.1, 0.15) is 6.04 Å². The van der Waals surface area contributed by atoms with Gasteiger partial charge < -0.3 is 10.1 Å². The summed E-state index contributed by atoms with van der Waals surface area (Å²) < 4.78 is 4.77. The van der Waals surface area contributed by atoms with E-state index < -0.39 is 0 Å². The zero-order chi connectivity index (χ0) is 11.4. The molecule has 4 atom stereocenters. The van der Waals surface area contributed by atoms with Crippen LogP contribution in [0.2, 0.25) is 0 Å². The minimum absolute atomic E-state index is 0.132. The van der Waals surface area contributed by atoms with Crippen molar-refractivity contribution < 1.29 is 9.53 Å². The lowest BCUT2D eigenvalue weighted by molar-refractivity contribution is -0.143. The summed E-state index contributed by atoms with van der Waals surface area (Å²) in [5, 5.41) is 3.42. The van der Waals surface area contributed by atoms with Gasteiger partial charge in [-0.1, -0.05) is 20.8 Å². The smallest absolute Gasteiger partial charge is 0.322 e. The molecule has 0 heterocycles. The van der Waals surface area contributed by atoms with E-state index >= 15 is 0 Å². The van der Waals surface area contributed by atoms with Gasteiger partial charge in [-0.2, -0.15) is 0 Å². The van der Waals surface area contributed by atoms with E-state index in [4.69, 9.17) is 4.74 Å². The van der Waals surface area contributed by atoms with Crippen LogP contribution in [0, 0.1) is 11.8 Å². The lowest BCUT2D eigenvalue weighted by Crippen LogP contribution is -2.45. The second-order valence-corrected chi connectivity index (χ2v) is 4.67. The minimum atomic E-state index is -0.135. The molecule has 0 bridgehead atoms. The molecule has 0 spiro atoms. The third-order valence-corrected chi connectivity index (χ3v) is 3.77. The molecule has 3 heteroatoms. The molecule has 1 N–H and O–H groups in total. The van der Waals surface area contributed by atoms with Crippen LogP contribution in [-0.2, 0) is 9.53 Å². The van der Waals surface area contributed by atoms with Gasteiger partial charge in [-0.3, -0.25) is 4.79 Å². The maximum Gasteiger partial charge on any atom is 0.322 e. The van der Waals surface area contributed by atoms with E-state index in [0.717, 1.165) is 12.3 Å². The third kappa shape index (κ3) is 2.94. The van der Waals surface area contributed by atoms with Crippen molar-refractivity contribution in [3.8, 4) is 0 Å². The van der Waals surface area contributed by atoms with E-state index in [2.05, 4.69) is 19.2 Å². The van der Waals surface area contributed by atoms with Crippen LogP contribution in [0.15, 0.2) is 0 Å². The van der Waals surface area contributed by atoms with Crippen molar-refractivity contribution >= 4 is 5.97 Å². The molecule has 15 heavy (non-hydrogen) atoms. The molecule has 1 fully saturated rings. The first-order chi connectivity index (χ1) is 7.10. The molecular formula is C12H23NO2. The molecule has 3 nitrogen and oxygen atoms in total. The van der Waals surface area contributed by atoms with Crippen molar-refractivity contribution in [1.29, 1.82) is 0 Å². The fourth-order valence-electron chi connectivity index (χ4n) is 2.35. The summed E-state index contributed by atoms with van der Waals surface area (Å²) in [6, 6.07) is 0.344. The second-order valence-electron chi connectivity index (χ2n) is 4.67. The maximum atomic E-state index is 11.4. The summed E-state index contributed by atoms with van der Waals surface area (Å²) in [5.74, 6) is 1.28. The Bertz CT molecular complexity index is 218. The average Bonchev–Trinajstić information content (AvgIpc) is 2.56. The molecule has 88 valence electrons. The maximum absolute atomic E-state index is 11.4. The molecule has 0 amide bonds. The van der Waals surface area contributed by atoms with Gasteiger partial charge in [0.25, 0.3) is 0 Å². The Morgan fingerprint density at radius 1 is 1.47 bits per heavy atom. The highest BCUT2D eigenvalue weighted by molar-refractivity contribution is 5.75. The highest BCUT2D eigenvalue weighted by atomic mass is 16.5. The van der Waals surface area contributed by atoms with Gasteiger partial charge in [0.2, 0.25) is 0 Å². The van der Waals surface area contributed by atoms with Crippen LogP contribution in [0.5, 0.6) is 0 Å². The third-order valence-electron chi connectivity index (χ3n) is 3.77. The predicted molar refractivity (Wildman–Crippen MR) is 60.6 cm³/mol. The lowest BCUT2D eigenvalue weighted by atomic mass is 9.97. The summed E-state index contributed by atoms with van der Waals surface area (Å²) >= 11 is 0. The standard InChI is InChI=1S/C12H23NO2/c1-5-10(12(14)15-4)13-11-7-6-8(2)9(11)3/h8-11,13H,5-7H2,1-4H3. The number of carbonyl (C=O) groups is 1. The first kappa shape index (κ1) is 12.5. The van der Waals surface area contributed by atoms with Gasteiger partial charge in [0.15, 0.2) is 0 Å². The van der Waals surface area contributed by atoms with Crippen LogP contribution in [0.1, 0.15) is 40.0 Å². The van der Waals surface area contributed by atoms with E-state index in [1.807, 2.05) is 6.92 Å². The van der Waals surface area contributed by atoms with Crippen molar-refractivity contribution in [2.75, 3.05) is 7.11 Å². The second kappa shape index (κ2) is 5.50. The molecule has 1 aliphatic carbocycles. The fourth-order valence-corrected chi connectivity index (χ4v) is 2.35. The number of ether oxygens (including phenoxy) is 1. The SMILES string of the molecule is CCC(NC1CCC(C)C1C)C(=O)OC. The van der Waals surface area contributed by atoms with Gasteiger partial charge in [-0.25, -0.2) is 0 Å². The Morgan fingerprint density at radius 2 is 2.13 bits per heavy atom. The number of rotatable bonds is 4. The van der Waals surface area contributed by atoms with Gasteiger partial charge in [0.05, 0.1) is 7.11 Å². The van der Waals surface area contributed by atoms with Crippen molar-refractivity contribution in [3.05, 3.63) is 0 Å². The predicted octanol–water partition coefficient (Wildman–Crippen LogP) is 1.96. The number of methoxy groups -OCH3 is 1. The largest absolute Gasteiger partial charge is 0.468 e. The molecule has 1 saturated carbocycles. The molecule has 0 aromatic rings. The Kier molecular flexibility index (Phi) is 4.58. The summed E-state index contributed by atoms with van der Waals surface area (Å²) in [7, 11) is 1.45. The number of carbonyl (C=O) groups excluding carboxylic acids is 1. The molecule has 1 rings (SSSR count). The Labute approximate surface area is 92.6 Å². The monoisotopic (exact) mass is 213 g/mol. The summed E-state index contributed by atoms with van der Waals surface area (Å²) in [5.41, 5.74) is 0. The Morgan fingerprint density at radius 3 is 2.53 bits per heavy atom. The lowest BCUT2D eigenvalue weighted by Gasteiger charge is -2.24. The average molecular weight is 213 g/mol. The van der Waals surface area contributed by atoms with E-state index in [-0.39, 0.29) is 12.0 Å². The van der Waals surface area contributed by atoms with Gasteiger partial charge in [-0.05, 0) is 31.1 Å². The Hall–Kier alpha value is -0.570. The highest BCUT2D eigenvalue weighted by Crippen LogP contribution is 2.31. The first-order valence-corrected chi connectivity index (χ1v) is 5.94.